The van der Waals surface area contributed by atoms with Crippen LogP contribution in [-0.4, -0.2) is 42.4 Å². The molecular weight excluding hydrogens is 558 g/mol. The molecule has 5 rings (SSSR count). The number of aliphatic hydroxyl groups excluding tert-OH is 1. The Labute approximate surface area is 229 Å². The van der Waals surface area contributed by atoms with E-state index in [1.807, 2.05) is 0 Å². The fraction of sp³-hybridized carbons (Fsp3) is 0.0800. The van der Waals surface area contributed by atoms with E-state index in [-0.39, 0.29) is 5.75 Å². The van der Waals surface area contributed by atoms with E-state index in [1.54, 1.807) is 54.7 Å². The van der Waals surface area contributed by atoms with Gasteiger partial charge in [-0.1, -0.05) is 23.2 Å². The Kier molecular flexibility index (Phi) is 7.33. The van der Waals surface area contributed by atoms with Crippen molar-refractivity contribution in [2.75, 3.05) is 10.6 Å². The fourth-order valence-corrected chi connectivity index (χ4v) is 3.99. The van der Waals surface area contributed by atoms with Gasteiger partial charge in [0.05, 0.1) is 22.6 Å². The molecule has 0 radical (unpaired) electrons. The third-order valence-corrected chi connectivity index (χ3v) is 5.89. The SMILES string of the molecule is OC(Nc1ccc(-c2ncn(-c3ccc(OC(F)(F)F)cc3)n2)cc1)Nc1ccnn1-c1cc(Cl)ccc1Cl. The first-order valence-electron chi connectivity index (χ1n) is 11.2. The minimum atomic E-state index is -4.76. The number of aliphatic hydroxyl groups is 1. The largest absolute Gasteiger partial charge is 0.573 e. The Balaban J connectivity index is 1.23. The molecule has 2 aromatic heterocycles. The topological polar surface area (TPSA) is 102 Å². The van der Waals surface area contributed by atoms with Crippen molar-refractivity contribution in [2.24, 2.45) is 0 Å². The highest BCUT2D eigenvalue weighted by Crippen LogP contribution is 2.27. The van der Waals surface area contributed by atoms with Gasteiger partial charge in [0, 0.05) is 22.3 Å². The van der Waals surface area contributed by atoms with E-state index in [4.69, 9.17) is 23.2 Å². The minimum Gasteiger partial charge on any atom is -0.406 e. The summed E-state index contributed by atoms with van der Waals surface area (Å²) < 4.78 is 43.9. The maximum atomic E-state index is 12.4. The average molecular weight is 576 g/mol. The summed E-state index contributed by atoms with van der Waals surface area (Å²) in [6.45, 7) is 0. The number of ether oxygens (including phenoxy) is 1. The number of nitrogens with one attached hydrogen (secondary N) is 2. The second kappa shape index (κ2) is 10.8. The highest BCUT2D eigenvalue weighted by Gasteiger charge is 2.31. The molecule has 0 bridgehead atoms. The number of nitrogens with zero attached hydrogens (tertiary/aromatic N) is 5. The van der Waals surface area contributed by atoms with E-state index in [9.17, 15) is 18.3 Å². The Bertz CT molecular complexity index is 1570. The van der Waals surface area contributed by atoms with Crippen LogP contribution in [0.1, 0.15) is 0 Å². The van der Waals surface area contributed by atoms with E-state index in [0.717, 1.165) is 0 Å². The first-order valence-corrected chi connectivity index (χ1v) is 12.0. The highest BCUT2D eigenvalue weighted by molar-refractivity contribution is 6.34. The number of alkyl halides is 3. The van der Waals surface area contributed by atoms with E-state index >= 15 is 0 Å². The van der Waals surface area contributed by atoms with Crippen molar-refractivity contribution in [3.05, 3.63) is 95.4 Å². The molecule has 2 heterocycles. The second-order valence-corrected chi connectivity index (χ2v) is 8.89. The van der Waals surface area contributed by atoms with Gasteiger partial charge in [-0.3, -0.25) is 0 Å². The normalized spacial score (nSPS) is 12.3. The standard InChI is InChI=1S/C25H18Cl2F3N7O2/c26-16-3-10-20(27)21(13-16)37-22(11-12-32-37)34-24(38)33-17-4-1-15(2-5-17)23-31-14-36(35-23)18-6-8-19(9-7-18)39-25(28,29)30/h1-14,24,33-34,38H. The van der Waals surface area contributed by atoms with Crippen molar-refractivity contribution in [3.63, 3.8) is 0 Å². The molecule has 3 N–H and O–H groups in total. The lowest BCUT2D eigenvalue weighted by Gasteiger charge is -2.18. The zero-order valence-electron chi connectivity index (χ0n) is 19.6. The van der Waals surface area contributed by atoms with Gasteiger partial charge in [0.1, 0.15) is 17.9 Å². The van der Waals surface area contributed by atoms with Gasteiger partial charge in [0.15, 0.2) is 5.82 Å². The van der Waals surface area contributed by atoms with Crippen LogP contribution in [-0.2, 0) is 0 Å². The third-order valence-electron chi connectivity index (χ3n) is 5.34. The summed E-state index contributed by atoms with van der Waals surface area (Å²) in [5.74, 6) is 0.547. The van der Waals surface area contributed by atoms with Gasteiger partial charge < -0.3 is 20.5 Å². The van der Waals surface area contributed by atoms with Crippen molar-refractivity contribution in [1.82, 2.24) is 24.5 Å². The van der Waals surface area contributed by atoms with Gasteiger partial charge in [0.25, 0.3) is 0 Å². The summed E-state index contributed by atoms with van der Waals surface area (Å²) in [7, 11) is 0. The van der Waals surface area contributed by atoms with Crippen molar-refractivity contribution < 1.29 is 23.0 Å². The number of hydrogen-bond acceptors (Lipinski definition) is 7. The molecule has 0 aliphatic heterocycles. The van der Waals surface area contributed by atoms with Gasteiger partial charge in [0.2, 0.25) is 6.35 Å². The van der Waals surface area contributed by atoms with E-state index in [2.05, 4.69) is 30.6 Å². The van der Waals surface area contributed by atoms with E-state index < -0.39 is 12.7 Å². The van der Waals surface area contributed by atoms with Crippen LogP contribution in [0, 0.1) is 0 Å². The molecule has 0 aliphatic carbocycles. The Morgan fingerprint density at radius 1 is 0.923 bits per heavy atom. The number of benzene rings is 3. The number of halogens is 5. The Morgan fingerprint density at radius 3 is 2.38 bits per heavy atom. The molecule has 1 atom stereocenters. The van der Waals surface area contributed by atoms with Crippen LogP contribution in [0.4, 0.5) is 24.7 Å². The first kappa shape index (κ1) is 26.4. The molecule has 0 amide bonds. The zero-order chi connectivity index (χ0) is 27.6. The maximum Gasteiger partial charge on any atom is 0.573 e. The van der Waals surface area contributed by atoms with Crippen molar-refractivity contribution >= 4 is 34.7 Å². The van der Waals surface area contributed by atoms with E-state index in [1.165, 1.54) is 40.0 Å². The van der Waals surface area contributed by atoms with Crippen LogP contribution < -0.4 is 15.4 Å². The molecular formula is C25H18Cl2F3N7O2. The summed E-state index contributed by atoms with van der Waals surface area (Å²) in [6.07, 6.45) is -2.93. The predicted octanol–water partition coefficient (Wildman–Crippen LogP) is 6.13. The fourth-order valence-electron chi connectivity index (χ4n) is 3.62. The number of hydrogen-bond donors (Lipinski definition) is 3. The van der Waals surface area contributed by atoms with Gasteiger partial charge in [-0.2, -0.15) is 5.10 Å². The predicted molar refractivity (Wildman–Crippen MR) is 140 cm³/mol. The van der Waals surface area contributed by atoms with Crippen LogP contribution in [0.5, 0.6) is 5.75 Å². The van der Waals surface area contributed by atoms with Crippen LogP contribution in [0.2, 0.25) is 10.0 Å². The molecule has 14 heteroatoms. The number of aromatic nitrogens is 5. The Morgan fingerprint density at radius 2 is 1.67 bits per heavy atom. The van der Waals surface area contributed by atoms with Gasteiger partial charge in [-0.25, -0.2) is 14.3 Å². The van der Waals surface area contributed by atoms with Crippen LogP contribution >= 0.6 is 23.2 Å². The number of rotatable bonds is 8. The van der Waals surface area contributed by atoms with Crippen molar-refractivity contribution in [2.45, 2.75) is 12.7 Å². The second-order valence-electron chi connectivity index (χ2n) is 8.05. The van der Waals surface area contributed by atoms with Gasteiger partial charge in [-0.05, 0) is 66.7 Å². The third kappa shape index (κ3) is 6.42. The molecule has 0 aliphatic rings. The maximum absolute atomic E-state index is 12.4. The molecule has 5 aromatic rings. The average Bonchev–Trinajstić information content (AvgIpc) is 3.56. The van der Waals surface area contributed by atoms with Crippen molar-refractivity contribution in [3.8, 4) is 28.5 Å². The van der Waals surface area contributed by atoms with Crippen LogP contribution in [0.15, 0.2) is 85.3 Å². The minimum absolute atomic E-state index is 0.330. The Hall–Kier alpha value is -4.26. The molecule has 0 saturated carbocycles. The quantitative estimate of drug-likeness (QED) is 0.191. The lowest BCUT2D eigenvalue weighted by Crippen LogP contribution is -2.29. The summed E-state index contributed by atoms with van der Waals surface area (Å²) in [5, 5.41) is 25.9. The summed E-state index contributed by atoms with van der Waals surface area (Å²) >= 11 is 12.4. The van der Waals surface area contributed by atoms with Crippen LogP contribution in [0.25, 0.3) is 22.8 Å². The molecule has 9 nitrogen and oxygen atoms in total. The lowest BCUT2D eigenvalue weighted by atomic mass is 10.2. The van der Waals surface area contributed by atoms with E-state index in [0.29, 0.717) is 44.3 Å². The summed E-state index contributed by atoms with van der Waals surface area (Å²) in [6, 6.07) is 18.9. The molecule has 1 unspecified atom stereocenters. The molecule has 3 aromatic carbocycles. The molecule has 0 spiro atoms. The van der Waals surface area contributed by atoms with Crippen molar-refractivity contribution in [1.29, 1.82) is 0 Å². The van der Waals surface area contributed by atoms with Gasteiger partial charge >= 0.3 is 6.36 Å². The molecule has 0 fully saturated rings. The highest BCUT2D eigenvalue weighted by atomic mass is 35.5. The molecule has 200 valence electrons. The summed E-state index contributed by atoms with van der Waals surface area (Å²) in [4.78, 5) is 4.27. The number of anilines is 2. The molecule has 39 heavy (non-hydrogen) atoms. The first-order chi connectivity index (χ1) is 18.6. The van der Waals surface area contributed by atoms with Gasteiger partial charge in [-0.15, -0.1) is 18.3 Å². The van der Waals surface area contributed by atoms with Crippen LogP contribution in [0.3, 0.4) is 0 Å². The summed E-state index contributed by atoms with van der Waals surface area (Å²) in [5.41, 5.74) is 2.34. The lowest BCUT2D eigenvalue weighted by molar-refractivity contribution is -0.274. The molecule has 0 saturated heterocycles. The zero-order valence-corrected chi connectivity index (χ0v) is 21.2. The monoisotopic (exact) mass is 575 g/mol. The smallest absolute Gasteiger partial charge is 0.406 e.